The molecule has 4 rings (SSSR count). The summed E-state index contributed by atoms with van der Waals surface area (Å²) in [5, 5.41) is 12.2. The van der Waals surface area contributed by atoms with Gasteiger partial charge < -0.3 is 5.11 Å². The molecule has 0 saturated carbocycles. The van der Waals surface area contributed by atoms with Crippen molar-refractivity contribution in [2.24, 2.45) is 0 Å². The number of hydrogen-bond donors (Lipinski definition) is 1. The van der Waals surface area contributed by atoms with Gasteiger partial charge in [-0.1, -0.05) is 48.0 Å². The first kappa shape index (κ1) is 14.2. The average Bonchev–Trinajstić information content (AvgIpc) is 2.89. The van der Waals surface area contributed by atoms with Gasteiger partial charge in [-0.3, -0.25) is 0 Å². The van der Waals surface area contributed by atoms with Crippen molar-refractivity contribution < 1.29 is 9.67 Å². The SMILES string of the molecule is O[C@]1(c2ccc(Cl)cc2)C[n+]2ccccc2N1c1ccccc1. The van der Waals surface area contributed by atoms with Gasteiger partial charge in [0, 0.05) is 16.7 Å². The van der Waals surface area contributed by atoms with Gasteiger partial charge in [-0.15, -0.1) is 0 Å². The minimum atomic E-state index is -1.15. The van der Waals surface area contributed by atoms with Gasteiger partial charge in [-0.05, 0) is 30.3 Å². The first-order valence-electron chi connectivity index (χ1n) is 7.51. The average molecular weight is 324 g/mol. The first-order valence-corrected chi connectivity index (χ1v) is 7.88. The molecule has 0 bridgehead atoms. The highest BCUT2D eigenvalue weighted by Crippen LogP contribution is 2.40. The van der Waals surface area contributed by atoms with Crippen LogP contribution in [0.3, 0.4) is 0 Å². The molecule has 0 unspecified atom stereocenters. The number of aliphatic hydroxyl groups is 1. The molecule has 1 atom stereocenters. The lowest BCUT2D eigenvalue weighted by molar-refractivity contribution is -0.683. The number of anilines is 2. The third-order valence-corrected chi connectivity index (χ3v) is 4.48. The standard InChI is InChI=1S/C19H16ClN2O/c20-16-11-9-15(10-12-16)19(23)14-21-13-5-4-8-18(21)22(19)17-6-2-1-3-7-17/h1-13,23H,14H2/q+1/t19-/m0/s1. The van der Waals surface area contributed by atoms with Crippen molar-refractivity contribution in [3.05, 3.63) is 89.6 Å². The van der Waals surface area contributed by atoms with Crippen LogP contribution in [-0.4, -0.2) is 5.11 Å². The van der Waals surface area contributed by atoms with Gasteiger partial charge in [0.15, 0.2) is 6.54 Å². The summed E-state index contributed by atoms with van der Waals surface area (Å²) >= 11 is 6.01. The molecule has 2 aromatic carbocycles. The van der Waals surface area contributed by atoms with E-state index >= 15 is 0 Å². The highest BCUT2D eigenvalue weighted by atomic mass is 35.5. The zero-order chi connectivity index (χ0) is 15.9. The number of aromatic nitrogens is 1. The van der Waals surface area contributed by atoms with E-state index < -0.39 is 5.72 Å². The Morgan fingerprint density at radius 3 is 2.35 bits per heavy atom. The molecule has 23 heavy (non-hydrogen) atoms. The minimum Gasteiger partial charge on any atom is -0.346 e. The summed E-state index contributed by atoms with van der Waals surface area (Å²) in [6.45, 7) is 0.458. The fourth-order valence-electron chi connectivity index (χ4n) is 3.16. The van der Waals surface area contributed by atoms with E-state index in [0.29, 0.717) is 11.6 Å². The number of halogens is 1. The van der Waals surface area contributed by atoms with E-state index in [1.54, 1.807) is 0 Å². The lowest BCUT2D eigenvalue weighted by atomic mass is 10.0. The predicted molar refractivity (Wildman–Crippen MR) is 90.6 cm³/mol. The van der Waals surface area contributed by atoms with E-state index in [1.165, 1.54) is 0 Å². The molecule has 3 nitrogen and oxygen atoms in total. The topological polar surface area (TPSA) is 27.4 Å². The van der Waals surface area contributed by atoms with Crippen LogP contribution in [0.15, 0.2) is 79.0 Å². The largest absolute Gasteiger partial charge is 0.346 e. The van der Waals surface area contributed by atoms with Crippen LogP contribution in [0.1, 0.15) is 5.56 Å². The number of rotatable bonds is 2. The number of benzene rings is 2. The van der Waals surface area contributed by atoms with Crippen LogP contribution in [0.25, 0.3) is 0 Å². The Balaban J connectivity index is 1.91. The maximum atomic E-state index is 11.6. The molecular formula is C19H16ClN2O+. The Morgan fingerprint density at radius 1 is 0.913 bits per heavy atom. The highest BCUT2D eigenvalue weighted by molar-refractivity contribution is 6.30. The van der Waals surface area contributed by atoms with Crippen LogP contribution in [0.4, 0.5) is 11.5 Å². The van der Waals surface area contributed by atoms with Gasteiger partial charge in [-0.2, -0.15) is 4.90 Å². The number of pyridine rings is 1. The second-order valence-corrected chi connectivity index (χ2v) is 6.12. The van der Waals surface area contributed by atoms with Gasteiger partial charge in [0.05, 0.1) is 6.20 Å². The summed E-state index contributed by atoms with van der Waals surface area (Å²) in [5.74, 6) is 0.955. The van der Waals surface area contributed by atoms with E-state index in [9.17, 15) is 5.11 Å². The van der Waals surface area contributed by atoms with Crippen LogP contribution >= 0.6 is 11.6 Å². The molecule has 1 aliphatic heterocycles. The zero-order valence-electron chi connectivity index (χ0n) is 12.4. The number of nitrogens with zero attached hydrogens (tertiary/aromatic N) is 2. The van der Waals surface area contributed by atoms with Gasteiger partial charge >= 0.3 is 0 Å². The highest BCUT2D eigenvalue weighted by Gasteiger charge is 2.52. The lowest BCUT2D eigenvalue weighted by Crippen LogP contribution is -2.43. The molecule has 1 N–H and O–H groups in total. The number of para-hydroxylation sites is 1. The third kappa shape index (κ3) is 2.29. The molecule has 4 heteroatoms. The minimum absolute atomic E-state index is 0.458. The quantitative estimate of drug-likeness (QED) is 0.729. The molecule has 0 saturated heterocycles. The van der Waals surface area contributed by atoms with Crippen molar-refractivity contribution >= 4 is 23.1 Å². The zero-order valence-corrected chi connectivity index (χ0v) is 13.2. The maximum Gasteiger partial charge on any atom is 0.284 e. The van der Waals surface area contributed by atoms with E-state index in [-0.39, 0.29) is 0 Å². The van der Waals surface area contributed by atoms with Gasteiger partial charge in [0.25, 0.3) is 11.5 Å². The molecule has 0 spiro atoms. The summed E-state index contributed by atoms with van der Waals surface area (Å²) in [6.07, 6.45) is 1.99. The van der Waals surface area contributed by atoms with E-state index in [1.807, 2.05) is 83.9 Å². The molecule has 1 aliphatic rings. The number of fused-ring (bicyclic) bond motifs is 1. The van der Waals surface area contributed by atoms with Crippen molar-refractivity contribution in [3.63, 3.8) is 0 Å². The summed E-state index contributed by atoms with van der Waals surface area (Å²) < 4.78 is 2.06. The second-order valence-electron chi connectivity index (χ2n) is 5.68. The summed E-state index contributed by atoms with van der Waals surface area (Å²) in [7, 11) is 0. The monoisotopic (exact) mass is 323 g/mol. The van der Waals surface area contributed by atoms with Gasteiger partial charge in [0.1, 0.15) is 5.69 Å². The maximum absolute atomic E-state index is 11.6. The predicted octanol–water partition coefficient (Wildman–Crippen LogP) is 3.62. The Labute approximate surface area is 140 Å². The van der Waals surface area contributed by atoms with Crippen molar-refractivity contribution in [1.29, 1.82) is 0 Å². The Kier molecular flexibility index (Phi) is 3.33. The van der Waals surface area contributed by atoms with Crippen LogP contribution in [0.5, 0.6) is 0 Å². The summed E-state index contributed by atoms with van der Waals surface area (Å²) in [4.78, 5) is 1.97. The van der Waals surface area contributed by atoms with E-state index in [0.717, 1.165) is 17.1 Å². The Bertz CT molecular complexity index is 836. The molecule has 0 amide bonds. The van der Waals surface area contributed by atoms with Crippen LogP contribution in [0.2, 0.25) is 5.02 Å². The third-order valence-electron chi connectivity index (χ3n) is 4.23. The fraction of sp³-hybridized carbons (Fsp3) is 0.105. The fourth-order valence-corrected chi connectivity index (χ4v) is 3.29. The van der Waals surface area contributed by atoms with Crippen LogP contribution in [0, 0.1) is 0 Å². The molecule has 0 aliphatic carbocycles. The van der Waals surface area contributed by atoms with Crippen molar-refractivity contribution in [3.8, 4) is 0 Å². The lowest BCUT2D eigenvalue weighted by Gasteiger charge is -2.27. The normalized spacial score (nSPS) is 19.7. The van der Waals surface area contributed by atoms with Crippen molar-refractivity contribution in [2.75, 3.05) is 4.90 Å². The van der Waals surface area contributed by atoms with Gasteiger partial charge in [0.2, 0.25) is 0 Å². The Hall–Kier alpha value is -2.36. The molecule has 114 valence electrons. The molecule has 3 aromatic rings. The number of hydrogen-bond acceptors (Lipinski definition) is 2. The van der Waals surface area contributed by atoms with Crippen molar-refractivity contribution in [2.45, 2.75) is 12.3 Å². The summed E-state index contributed by atoms with van der Waals surface area (Å²) in [5.41, 5.74) is 0.608. The molecule has 1 aromatic heterocycles. The van der Waals surface area contributed by atoms with Crippen molar-refractivity contribution in [1.82, 2.24) is 0 Å². The Morgan fingerprint density at radius 2 is 1.61 bits per heavy atom. The summed E-state index contributed by atoms with van der Waals surface area (Å²) in [6, 6.07) is 23.3. The van der Waals surface area contributed by atoms with Gasteiger partial charge in [-0.25, -0.2) is 4.57 Å². The second kappa shape index (κ2) is 5.37. The van der Waals surface area contributed by atoms with E-state index in [2.05, 4.69) is 4.57 Å². The van der Waals surface area contributed by atoms with E-state index in [4.69, 9.17) is 11.6 Å². The molecule has 0 fully saturated rings. The van der Waals surface area contributed by atoms with Crippen LogP contribution in [-0.2, 0) is 12.3 Å². The first-order chi connectivity index (χ1) is 11.2. The smallest absolute Gasteiger partial charge is 0.284 e. The molecular weight excluding hydrogens is 308 g/mol. The molecule has 2 heterocycles. The molecule has 0 radical (unpaired) electrons. The van der Waals surface area contributed by atoms with Crippen LogP contribution < -0.4 is 9.47 Å².